The van der Waals surface area contributed by atoms with Crippen molar-refractivity contribution in [3.05, 3.63) is 39.1 Å². The van der Waals surface area contributed by atoms with E-state index in [4.69, 9.17) is 5.26 Å². The predicted molar refractivity (Wildman–Crippen MR) is 73.0 cm³/mol. The van der Waals surface area contributed by atoms with Gasteiger partial charge in [0.2, 0.25) is 0 Å². The van der Waals surface area contributed by atoms with Gasteiger partial charge >= 0.3 is 0 Å². The molecule has 4 nitrogen and oxygen atoms in total. The molecule has 96 valence electrons. The van der Waals surface area contributed by atoms with Crippen LogP contribution >= 0.6 is 11.3 Å². The summed E-state index contributed by atoms with van der Waals surface area (Å²) >= 11 is 1.50. The quantitative estimate of drug-likeness (QED) is 0.613. The number of rotatable bonds is 2. The lowest BCUT2D eigenvalue weighted by Gasteiger charge is -2.26. The minimum absolute atomic E-state index is 0.0456. The third kappa shape index (κ3) is 2.23. The maximum atomic E-state index is 12.3. The van der Waals surface area contributed by atoms with Crippen molar-refractivity contribution in [2.24, 2.45) is 0 Å². The number of carbonyl (C=O) groups is 2. The van der Waals surface area contributed by atoms with Gasteiger partial charge in [-0.05, 0) is 36.9 Å². The summed E-state index contributed by atoms with van der Waals surface area (Å²) < 4.78 is 0. The zero-order chi connectivity index (χ0) is 14.0. The number of imide groups is 1. The fourth-order valence-corrected chi connectivity index (χ4v) is 2.59. The molecule has 2 heterocycles. The highest BCUT2D eigenvalue weighted by atomic mass is 32.1. The average molecular weight is 272 g/mol. The summed E-state index contributed by atoms with van der Waals surface area (Å²) in [5.41, 5.74) is 0.917. The van der Waals surface area contributed by atoms with E-state index in [2.05, 4.69) is 0 Å². The predicted octanol–water partition coefficient (Wildman–Crippen LogP) is 2.36. The molecule has 5 heteroatoms. The zero-order valence-corrected chi connectivity index (χ0v) is 11.5. The van der Waals surface area contributed by atoms with Crippen LogP contribution in [0.2, 0.25) is 0 Å². The van der Waals surface area contributed by atoms with Crippen LogP contribution in [0.5, 0.6) is 0 Å². The van der Waals surface area contributed by atoms with Crippen molar-refractivity contribution in [2.75, 3.05) is 6.54 Å². The van der Waals surface area contributed by atoms with Gasteiger partial charge < -0.3 is 0 Å². The van der Waals surface area contributed by atoms with E-state index in [-0.39, 0.29) is 18.0 Å². The Labute approximate surface area is 115 Å². The Hall–Kier alpha value is -2.19. The molecule has 0 atom stereocenters. The van der Waals surface area contributed by atoms with Gasteiger partial charge in [0.1, 0.15) is 11.6 Å². The van der Waals surface area contributed by atoms with E-state index in [1.165, 1.54) is 11.3 Å². The second-order valence-electron chi connectivity index (χ2n) is 4.04. The molecule has 1 aromatic heterocycles. The van der Waals surface area contributed by atoms with Gasteiger partial charge in [-0.25, -0.2) is 0 Å². The molecule has 1 aromatic rings. The maximum absolute atomic E-state index is 12.3. The molecular weight excluding hydrogens is 260 g/mol. The monoisotopic (exact) mass is 272 g/mol. The number of carbonyl (C=O) groups excluding carboxylic acids is 2. The normalized spacial score (nSPS) is 18.2. The largest absolute Gasteiger partial charge is 0.274 e. The van der Waals surface area contributed by atoms with E-state index in [1.807, 2.05) is 23.6 Å². The van der Waals surface area contributed by atoms with E-state index in [9.17, 15) is 9.59 Å². The highest BCUT2D eigenvalue weighted by Crippen LogP contribution is 2.27. The lowest BCUT2D eigenvalue weighted by atomic mass is 9.95. The number of likely N-dealkylation sites (N-methyl/N-ethyl adjacent to an activating group) is 1. The molecule has 0 unspecified atom stereocenters. The van der Waals surface area contributed by atoms with E-state index >= 15 is 0 Å². The first-order valence-electron chi connectivity index (χ1n) is 5.82. The van der Waals surface area contributed by atoms with Crippen LogP contribution in [0, 0.1) is 11.3 Å². The van der Waals surface area contributed by atoms with Crippen molar-refractivity contribution in [2.45, 2.75) is 13.8 Å². The van der Waals surface area contributed by atoms with Crippen molar-refractivity contribution in [3.8, 4) is 6.07 Å². The van der Waals surface area contributed by atoms with Crippen LogP contribution in [0.3, 0.4) is 0 Å². The minimum Gasteiger partial charge on any atom is -0.274 e. The van der Waals surface area contributed by atoms with Crippen LogP contribution in [0.25, 0.3) is 6.08 Å². The maximum Gasteiger partial charge on any atom is 0.271 e. The summed E-state index contributed by atoms with van der Waals surface area (Å²) in [7, 11) is 0. The third-order valence-electron chi connectivity index (χ3n) is 2.97. The molecule has 0 saturated carbocycles. The zero-order valence-electron chi connectivity index (χ0n) is 10.6. The highest BCUT2D eigenvalue weighted by molar-refractivity contribution is 7.10. The number of thiophene rings is 1. The lowest BCUT2D eigenvalue weighted by Crippen LogP contribution is -2.42. The Balaban J connectivity index is 2.59. The first kappa shape index (κ1) is 13.2. The lowest BCUT2D eigenvalue weighted by molar-refractivity contribution is -0.140. The number of amides is 2. The molecule has 1 aliphatic heterocycles. The molecule has 0 radical (unpaired) electrons. The molecule has 0 spiro atoms. The molecule has 0 aliphatic carbocycles. The average Bonchev–Trinajstić information content (AvgIpc) is 2.88. The van der Waals surface area contributed by atoms with E-state index < -0.39 is 5.91 Å². The molecule has 2 rings (SSSR count). The van der Waals surface area contributed by atoms with Gasteiger partial charge in [0.15, 0.2) is 0 Å². The van der Waals surface area contributed by atoms with Gasteiger partial charge in [-0.3, -0.25) is 14.5 Å². The van der Waals surface area contributed by atoms with Crippen LogP contribution in [0.4, 0.5) is 0 Å². The molecule has 19 heavy (non-hydrogen) atoms. The van der Waals surface area contributed by atoms with E-state index in [0.29, 0.717) is 11.1 Å². The van der Waals surface area contributed by atoms with E-state index in [0.717, 1.165) is 9.78 Å². The molecule has 2 amide bonds. The van der Waals surface area contributed by atoms with Crippen molar-refractivity contribution < 1.29 is 9.59 Å². The Bertz CT molecular complexity index is 633. The van der Waals surface area contributed by atoms with Crippen molar-refractivity contribution >= 4 is 29.2 Å². The summed E-state index contributed by atoms with van der Waals surface area (Å²) in [4.78, 5) is 26.2. The molecule has 0 bridgehead atoms. The van der Waals surface area contributed by atoms with Crippen LogP contribution < -0.4 is 0 Å². The standard InChI is InChI=1S/C14H12N2O2S/c1-3-16-13(17)11(7-10-5-4-6-19-10)9(2)12(8-15)14(16)18/h4-7H,3H2,1-2H3/b11-7+. The fourth-order valence-electron chi connectivity index (χ4n) is 1.93. The van der Waals surface area contributed by atoms with Gasteiger partial charge in [0, 0.05) is 17.0 Å². The van der Waals surface area contributed by atoms with Crippen LogP contribution in [-0.4, -0.2) is 23.3 Å². The van der Waals surface area contributed by atoms with Crippen LogP contribution in [0.1, 0.15) is 18.7 Å². The number of hydrogen-bond donors (Lipinski definition) is 0. The second-order valence-corrected chi connectivity index (χ2v) is 5.02. The first-order chi connectivity index (χ1) is 9.10. The van der Waals surface area contributed by atoms with Crippen molar-refractivity contribution in [1.82, 2.24) is 4.90 Å². The van der Waals surface area contributed by atoms with Crippen molar-refractivity contribution in [3.63, 3.8) is 0 Å². The summed E-state index contributed by atoms with van der Waals surface area (Å²) in [6, 6.07) is 5.67. The fraction of sp³-hybridized carbons (Fsp3) is 0.214. The smallest absolute Gasteiger partial charge is 0.271 e. The van der Waals surface area contributed by atoms with E-state index in [1.54, 1.807) is 19.9 Å². The molecule has 0 N–H and O–H groups in total. The van der Waals surface area contributed by atoms with Gasteiger partial charge in [0.25, 0.3) is 11.8 Å². The first-order valence-corrected chi connectivity index (χ1v) is 6.70. The summed E-state index contributed by atoms with van der Waals surface area (Å²) in [5.74, 6) is -0.840. The SMILES string of the molecule is CCN1C(=O)C(C#N)=C(C)/C(=C\c2cccs2)C1=O. The van der Waals surface area contributed by atoms with Crippen molar-refractivity contribution in [1.29, 1.82) is 5.26 Å². The Morgan fingerprint density at radius 2 is 2.16 bits per heavy atom. The highest BCUT2D eigenvalue weighted by Gasteiger charge is 2.34. The van der Waals surface area contributed by atoms with Gasteiger partial charge in [-0.2, -0.15) is 5.26 Å². The van der Waals surface area contributed by atoms with Gasteiger partial charge in [-0.1, -0.05) is 6.07 Å². The Morgan fingerprint density at radius 3 is 2.68 bits per heavy atom. The van der Waals surface area contributed by atoms with Gasteiger partial charge in [-0.15, -0.1) is 11.3 Å². The topological polar surface area (TPSA) is 61.2 Å². The number of hydrogen-bond acceptors (Lipinski definition) is 4. The summed E-state index contributed by atoms with van der Waals surface area (Å²) in [6.07, 6.45) is 1.73. The van der Waals surface area contributed by atoms with Gasteiger partial charge in [0.05, 0.1) is 0 Å². The molecular formula is C14H12N2O2S. The van der Waals surface area contributed by atoms with Crippen LogP contribution in [0.15, 0.2) is 34.2 Å². The Kier molecular flexibility index (Phi) is 3.63. The molecule has 0 saturated heterocycles. The summed E-state index contributed by atoms with van der Waals surface area (Å²) in [6.45, 7) is 3.62. The summed E-state index contributed by atoms with van der Waals surface area (Å²) in [5, 5.41) is 11.0. The third-order valence-corrected chi connectivity index (χ3v) is 3.79. The Morgan fingerprint density at radius 1 is 1.42 bits per heavy atom. The number of nitriles is 1. The molecule has 1 aliphatic rings. The molecule has 0 fully saturated rings. The second kappa shape index (κ2) is 5.21. The van der Waals surface area contributed by atoms with Crippen LogP contribution in [-0.2, 0) is 9.59 Å². The number of nitrogens with zero attached hydrogens (tertiary/aromatic N) is 2. The molecule has 0 aromatic carbocycles. The minimum atomic E-state index is -0.504.